The van der Waals surface area contributed by atoms with Gasteiger partial charge < -0.3 is 10.2 Å². The number of hydrogen-bond donors (Lipinski definition) is 1. The first-order valence-corrected chi connectivity index (χ1v) is 7.91. The molecule has 3 rings (SSSR count). The summed E-state index contributed by atoms with van der Waals surface area (Å²) in [6.07, 6.45) is 2.32. The van der Waals surface area contributed by atoms with Gasteiger partial charge >= 0.3 is 0 Å². The summed E-state index contributed by atoms with van der Waals surface area (Å²) >= 11 is 0. The Morgan fingerprint density at radius 3 is 2.55 bits per heavy atom. The van der Waals surface area contributed by atoms with Crippen LogP contribution in [0.15, 0.2) is 48.5 Å². The molecule has 3 nitrogen and oxygen atoms in total. The van der Waals surface area contributed by atoms with Gasteiger partial charge in [0.05, 0.1) is 0 Å². The third-order valence-corrected chi connectivity index (χ3v) is 4.08. The molecule has 2 aromatic rings. The van der Waals surface area contributed by atoms with Crippen molar-refractivity contribution < 1.29 is 4.79 Å². The van der Waals surface area contributed by atoms with Gasteiger partial charge in [-0.2, -0.15) is 0 Å². The molecule has 22 heavy (non-hydrogen) atoms. The third kappa shape index (κ3) is 2.98. The summed E-state index contributed by atoms with van der Waals surface area (Å²) in [6.45, 7) is 4.83. The quantitative estimate of drug-likeness (QED) is 0.912. The van der Waals surface area contributed by atoms with Crippen LogP contribution in [-0.2, 0) is 11.2 Å². The number of para-hydroxylation sites is 1. The Kier molecular flexibility index (Phi) is 4.14. The van der Waals surface area contributed by atoms with Crippen LogP contribution in [0.1, 0.15) is 25.8 Å². The number of aryl methyl sites for hydroxylation is 1. The van der Waals surface area contributed by atoms with Crippen LogP contribution in [0.3, 0.4) is 0 Å². The third-order valence-electron chi connectivity index (χ3n) is 4.08. The van der Waals surface area contributed by atoms with Crippen LogP contribution in [0, 0.1) is 5.92 Å². The smallest absolute Gasteiger partial charge is 0.226 e. The number of nitrogens with zero attached hydrogens (tertiary/aromatic N) is 1. The van der Waals surface area contributed by atoms with Crippen molar-refractivity contribution >= 4 is 23.0 Å². The molecule has 0 atom stereocenters. The van der Waals surface area contributed by atoms with E-state index in [1.807, 2.05) is 26.0 Å². The molecule has 1 aliphatic rings. The van der Waals surface area contributed by atoms with Crippen molar-refractivity contribution in [3.05, 3.63) is 54.1 Å². The molecule has 2 aromatic carbocycles. The number of hydrogen-bond acceptors (Lipinski definition) is 2. The summed E-state index contributed by atoms with van der Waals surface area (Å²) in [5.74, 6) is 0.0460. The predicted octanol–water partition coefficient (Wildman–Crippen LogP) is 4.37. The zero-order chi connectivity index (χ0) is 15.5. The Hall–Kier alpha value is -2.29. The minimum absolute atomic E-state index is 0.00588. The van der Waals surface area contributed by atoms with Gasteiger partial charge in [-0.25, -0.2) is 0 Å². The first-order valence-electron chi connectivity index (χ1n) is 7.91. The number of nitrogens with one attached hydrogen (secondary N) is 1. The van der Waals surface area contributed by atoms with Crippen LogP contribution in [0.5, 0.6) is 0 Å². The van der Waals surface area contributed by atoms with Crippen molar-refractivity contribution in [1.29, 1.82) is 0 Å². The fraction of sp³-hybridized carbons (Fsp3) is 0.316. The standard InChI is InChI=1S/C19H22N2O/c1-14(2)19(22)20-16-9-11-17(12-10-16)21-13-5-7-15-6-3-4-8-18(15)21/h3-4,6,8-12,14H,5,7,13H2,1-2H3,(H,20,22). The second kappa shape index (κ2) is 6.22. The Morgan fingerprint density at radius 2 is 1.82 bits per heavy atom. The second-order valence-corrected chi connectivity index (χ2v) is 6.07. The molecule has 3 heteroatoms. The van der Waals surface area contributed by atoms with Crippen LogP contribution in [-0.4, -0.2) is 12.5 Å². The fourth-order valence-corrected chi connectivity index (χ4v) is 2.81. The highest BCUT2D eigenvalue weighted by atomic mass is 16.1. The van der Waals surface area contributed by atoms with E-state index in [2.05, 4.69) is 46.6 Å². The maximum Gasteiger partial charge on any atom is 0.226 e. The number of carbonyl (C=O) groups is 1. The first-order chi connectivity index (χ1) is 10.6. The van der Waals surface area contributed by atoms with Crippen molar-refractivity contribution in [2.45, 2.75) is 26.7 Å². The molecule has 0 saturated carbocycles. The van der Waals surface area contributed by atoms with Gasteiger partial charge in [0.25, 0.3) is 0 Å². The lowest BCUT2D eigenvalue weighted by Gasteiger charge is -2.31. The van der Waals surface area contributed by atoms with E-state index >= 15 is 0 Å². The van der Waals surface area contributed by atoms with Crippen molar-refractivity contribution in [1.82, 2.24) is 0 Å². The van der Waals surface area contributed by atoms with E-state index < -0.39 is 0 Å². The Balaban J connectivity index is 1.81. The minimum atomic E-state index is -0.00588. The van der Waals surface area contributed by atoms with Crippen molar-refractivity contribution in [2.24, 2.45) is 5.92 Å². The van der Waals surface area contributed by atoms with Gasteiger partial charge in [-0.15, -0.1) is 0 Å². The van der Waals surface area contributed by atoms with Gasteiger partial charge in [0, 0.05) is 29.5 Å². The predicted molar refractivity (Wildman–Crippen MR) is 91.7 cm³/mol. The molecule has 114 valence electrons. The molecule has 1 amide bonds. The summed E-state index contributed by atoms with van der Waals surface area (Å²) in [7, 11) is 0. The first kappa shape index (κ1) is 14.6. The SMILES string of the molecule is CC(C)C(=O)Nc1ccc(N2CCCc3ccccc32)cc1. The number of amides is 1. The molecular weight excluding hydrogens is 272 g/mol. The lowest BCUT2D eigenvalue weighted by Crippen LogP contribution is -2.24. The normalized spacial score (nSPS) is 13.9. The zero-order valence-electron chi connectivity index (χ0n) is 13.2. The number of benzene rings is 2. The Bertz CT molecular complexity index is 661. The summed E-state index contributed by atoms with van der Waals surface area (Å²) in [5, 5.41) is 2.93. The van der Waals surface area contributed by atoms with E-state index in [0.717, 1.165) is 18.7 Å². The van der Waals surface area contributed by atoms with E-state index in [4.69, 9.17) is 0 Å². The molecule has 0 fully saturated rings. The van der Waals surface area contributed by atoms with Crippen LogP contribution in [0.2, 0.25) is 0 Å². The van der Waals surface area contributed by atoms with Crippen LogP contribution < -0.4 is 10.2 Å². The van der Waals surface area contributed by atoms with E-state index in [9.17, 15) is 4.79 Å². The summed E-state index contributed by atoms with van der Waals surface area (Å²) in [4.78, 5) is 14.1. The molecular formula is C19H22N2O. The monoisotopic (exact) mass is 294 g/mol. The highest BCUT2D eigenvalue weighted by molar-refractivity contribution is 5.92. The topological polar surface area (TPSA) is 32.3 Å². The average Bonchev–Trinajstić information content (AvgIpc) is 2.55. The molecule has 0 saturated heterocycles. The molecule has 1 N–H and O–H groups in total. The molecule has 0 radical (unpaired) electrons. The van der Waals surface area contributed by atoms with Crippen molar-refractivity contribution in [2.75, 3.05) is 16.8 Å². The van der Waals surface area contributed by atoms with Crippen molar-refractivity contribution in [3.8, 4) is 0 Å². The summed E-state index contributed by atoms with van der Waals surface area (Å²) in [5.41, 5.74) is 4.74. The number of fused-ring (bicyclic) bond motifs is 1. The fourth-order valence-electron chi connectivity index (χ4n) is 2.81. The van der Waals surface area contributed by atoms with Gasteiger partial charge in [-0.1, -0.05) is 32.0 Å². The number of carbonyl (C=O) groups excluding carboxylic acids is 1. The Labute approximate surface area is 132 Å². The second-order valence-electron chi connectivity index (χ2n) is 6.07. The largest absolute Gasteiger partial charge is 0.341 e. The molecule has 0 unspecified atom stereocenters. The van der Waals surface area contributed by atoms with Gasteiger partial charge in [0.1, 0.15) is 0 Å². The lowest BCUT2D eigenvalue weighted by atomic mass is 10.0. The molecule has 0 spiro atoms. The Morgan fingerprint density at radius 1 is 1.09 bits per heavy atom. The highest BCUT2D eigenvalue weighted by Gasteiger charge is 2.17. The van der Waals surface area contributed by atoms with Crippen molar-refractivity contribution in [3.63, 3.8) is 0 Å². The maximum absolute atomic E-state index is 11.7. The van der Waals surface area contributed by atoms with Gasteiger partial charge in [-0.3, -0.25) is 4.79 Å². The minimum Gasteiger partial charge on any atom is -0.341 e. The zero-order valence-corrected chi connectivity index (χ0v) is 13.2. The van der Waals surface area contributed by atoms with Crippen LogP contribution >= 0.6 is 0 Å². The number of rotatable bonds is 3. The van der Waals surface area contributed by atoms with Gasteiger partial charge in [0.15, 0.2) is 0 Å². The van der Waals surface area contributed by atoms with E-state index in [-0.39, 0.29) is 11.8 Å². The van der Waals surface area contributed by atoms with E-state index in [0.29, 0.717) is 0 Å². The van der Waals surface area contributed by atoms with E-state index in [1.165, 1.54) is 23.4 Å². The highest BCUT2D eigenvalue weighted by Crippen LogP contribution is 2.33. The van der Waals surface area contributed by atoms with Crippen LogP contribution in [0.25, 0.3) is 0 Å². The maximum atomic E-state index is 11.7. The van der Waals surface area contributed by atoms with Gasteiger partial charge in [-0.05, 0) is 48.7 Å². The van der Waals surface area contributed by atoms with Gasteiger partial charge in [0.2, 0.25) is 5.91 Å². The van der Waals surface area contributed by atoms with E-state index in [1.54, 1.807) is 0 Å². The molecule has 0 aliphatic carbocycles. The summed E-state index contributed by atoms with van der Waals surface area (Å²) in [6, 6.07) is 16.7. The lowest BCUT2D eigenvalue weighted by molar-refractivity contribution is -0.118. The molecule has 0 bridgehead atoms. The molecule has 1 heterocycles. The molecule has 1 aliphatic heterocycles. The number of anilines is 3. The average molecular weight is 294 g/mol. The summed E-state index contributed by atoms with van der Waals surface area (Å²) < 4.78 is 0. The molecule has 0 aromatic heterocycles. The van der Waals surface area contributed by atoms with Crippen LogP contribution in [0.4, 0.5) is 17.1 Å².